The van der Waals surface area contributed by atoms with Gasteiger partial charge in [0.15, 0.2) is 0 Å². The van der Waals surface area contributed by atoms with E-state index in [1.54, 1.807) is 5.48 Å². The zero-order valence-electron chi connectivity index (χ0n) is 19.8. The molecule has 1 fully saturated rings. The Balaban J connectivity index is 1.45. The number of para-hydroxylation sites is 1. The Labute approximate surface area is 199 Å². The Morgan fingerprint density at radius 1 is 1.18 bits per heavy atom. The minimum absolute atomic E-state index is 0.143. The summed E-state index contributed by atoms with van der Waals surface area (Å²) in [4.78, 5) is 29.5. The lowest BCUT2D eigenvalue weighted by Gasteiger charge is -2.18. The van der Waals surface area contributed by atoms with E-state index in [-0.39, 0.29) is 5.91 Å². The van der Waals surface area contributed by atoms with Gasteiger partial charge in [0, 0.05) is 23.2 Å². The average Bonchev–Trinajstić information content (AvgIpc) is 3.56. The van der Waals surface area contributed by atoms with Gasteiger partial charge < -0.3 is 10.1 Å². The van der Waals surface area contributed by atoms with Crippen molar-refractivity contribution in [3.8, 4) is 5.75 Å². The van der Waals surface area contributed by atoms with Crippen LogP contribution < -0.4 is 15.5 Å². The Morgan fingerprint density at radius 3 is 2.62 bits per heavy atom. The number of rotatable bonds is 9. The van der Waals surface area contributed by atoms with Gasteiger partial charge in [0.25, 0.3) is 0 Å². The molecular weight excluding hydrogens is 430 g/mol. The van der Waals surface area contributed by atoms with E-state index in [1.165, 1.54) is 0 Å². The first-order chi connectivity index (χ1) is 16.3. The standard InChI is InChI=1S/C27H31N3O4/c1-17(2)15-28-26(32)27(14-23(27)25(31)30-33)13-19-8-10-21(11-9-19)34-16-20-12-18(3)29-24-7-5-4-6-22(20)24/h4-12,17,23,33H,13-16H2,1-3H3,(H,28,32)(H,30,31). The summed E-state index contributed by atoms with van der Waals surface area (Å²) in [6.07, 6.45) is 0.833. The van der Waals surface area contributed by atoms with E-state index in [0.717, 1.165) is 33.5 Å². The second kappa shape index (κ2) is 9.81. The number of nitrogens with zero attached hydrogens (tertiary/aromatic N) is 1. The predicted octanol–water partition coefficient (Wildman–Crippen LogP) is 3.95. The molecule has 7 nitrogen and oxygen atoms in total. The van der Waals surface area contributed by atoms with Crippen LogP contribution in [0.2, 0.25) is 0 Å². The van der Waals surface area contributed by atoms with Crippen LogP contribution in [0.3, 0.4) is 0 Å². The van der Waals surface area contributed by atoms with Crippen molar-refractivity contribution in [2.45, 2.75) is 40.2 Å². The summed E-state index contributed by atoms with van der Waals surface area (Å²) in [6.45, 7) is 6.98. The fraction of sp³-hybridized carbons (Fsp3) is 0.370. The maximum atomic E-state index is 12.9. The van der Waals surface area contributed by atoms with Crippen molar-refractivity contribution < 1.29 is 19.5 Å². The van der Waals surface area contributed by atoms with E-state index in [2.05, 4.69) is 10.3 Å². The number of fused-ring (bicyclic) bond motifs is 1. The van der Waals surface area contributed by atoms with Crippen LogP contribution in [-0.2, 0) is 22.6 Å². The number of hydrogen-bond acceptors (Lipinski definition) is 5. The Bertz CT molecular complexity index is 1190. The second-order valence-corrected chi connectivity index (χ2v) is 9.54. The van der Waals surface area contributed by atoms with Crippen molar-refractivity contribution in [1.29, 1.82) is 0 Å². The topological polar surface area (TPSA) is 101 Å². The van der Waals surface area contributed by atoms with Crippen LogP contribution in [0, 0.1) is 24.2 Å². The molecule has 0 aliphatic heterocycles. The predicted molar refractivity (Wildman–Crippen MR) is 129 cm³/mol. The molecule has 4 rings (SSSR count). The third-order valence-corrected chi connectivity index (χ3v) is 6.39. The maximum Gasteiger partial charge on any atom is 0.247 e. The van der Waals surface area contributed by atoms with Gasteiger partial charge >= 0.3 is 0 Å². The van der Waals surface area contributed by atoms with E-state index in [1.807, 2.05) is 75.4 Å². The molecule has 178 valence electrons. The van der Waals surface area contributed by atoms with Gasteiger partial charge in [-0.3, -0.25) is 19.8 Å². The molecule has 0 radical (unpaired) electrons. The Hall–Kier alpha value is -3.45. The van der Waals surface area contributed by atoms with Crippen molar-refractivity contribution in [2.24, 2.45) is 17.3 Å². The number of carbonyl (C=O) groups excluding carboxylic acids is 2. The van der Waals surface area contributed by atoms with Crippen molar-refractivity contribution in [3.63, 3.8) is 0 Å². The molecule has 3 aromatic rings. The fourth-order valence-electron chi connectivity index (χ4n) is 4.47. The van der Waals surface area contributed by atoms with E-state index in [4.69, 9.17) is 9.94 Å². The number of hydroxylamine groups is 1. The van der Waals surface area contributed by atoms with E-state index in [9.17, 15) is 9.59 Å². The third-order valence-electron chi connectivity index (χ3n) is 6.39. The van der Waals surface area contributed by atoms with Crippen molar-refractivity contribution in [2.75, 3.05) is 6.54 Å². The summed E-state index contributed by atoms with van der Waals surface area (Å²) in [7, 11) is 0. The van der Waals surface area contributed by atoms with Crippen LogP contribution >= 0.6 is 0 Å². The zero-order chi connectivity index (χ0) is 24.3. The number of aryl methyl sites for hydroxylation is 1. The fourth-order valence-corrected chi connectivity index (χ4v) is 4.47. The number of nitrogens with one attached hydrogen (secondary N) is 2. The largest absolute Gasteiger partial charge is 0.489 e. The molecule has 2 unspecified atom stereocenters. The monoisotopic (exact) mass is 461 g/mol. The van der Waals surface area contributed by atoms with E-state index >= 15 is 0 Å². The summed E-state index contributed by atoms with van der Waals surface area (Å²) in [5.41, 5.74) is 4.77. The number of aromatic nitrogens is 1. The van der Waals surface area contributed by atoms with Crippen LogP contribution in [-0.4, -0.2) is 28.6 Å². The normalized spacial score (nSPS) is 19.1. The molecule has 1 aromatic heterocycles. The van der Waals surface area contributed by atoms with Gasteiger partial charge in [-0.25, -0.2) is 5.48 Å². The molecular formula is C27H31N3O4. The summed E-state index contributed by atoms with van der Waals surface area (Å²) in [6, 6.07) is 17.7. The van der Waals surface area contributed by atoms with Gasteiger partial charge in [-0.1, -0.05) is 44.2 Å². The lowest BCUT2D eigenvalue weighted by molar-refractivity contribution is -0.135. The smallest absolute Gasteiger partial charge is 0.247 e. The molecule has 2 atom stereocenters. The first-order valence-corrected chi connectivity index (χ1v) is 11.6. The minimum Gasteiger partial charge on any atom is -0.489 e. The lowest BCUT2D eigenvalue weighted by atomic mass is 9.92. The van der Waals surface area contributed by atoms with Crippen molar-refractivity contribution in [3.05, 3.63) is 71.4 Å². The second-order valence-electron chi connectivity index (χ2n) is 9.54. The zero-order valence-corrected chi connectivity index (χ0v) is 19.8. The van der Waals surface area contributed by atoms with Crippen LogP contribution in [0.15, 0.2) is 54.6 Å². The number of pyridine rings is 1. The maximum absolute atomic E-state index is 12.9. The van der Waals surface area contributed by atoms with Gasteiger partial charge in [-0.2, -0.15) is 0 Å². The molecule has 1 heterocycles. The van der Waals surface area contributed by atoms with Crippen LogP contribution in [0.4, 0.5) is 0 Å². The Kier molecular flexibility index (Phi) is 6.84. The van der Waals surface area contributed by atoms with Gasteiger partial charge in [0.1, 0.15) is 12.4 Å². The molecule has 0 spiro atoms. The third kappa shape index (κ3) is 5.04. The number of carbonyl (C=O) groups is 2. The van der Waals surface area contributed by atoms with Gasteiger partial charge in [-0.15, -0.1) is 0 Å². The molecule has 34 heavy (non-hydrogen) atoms. The highest BCUT2D eigenvalue weighted by atomic mass is 16.5. The average molecular weight is 462 g/mol. The SMILES string of the molecule is Cc1cc(COc2ccc(CC3(C(=O)NCC(C)C)CC3C(=O)NO)cc2)c2ccccc2n1. The molecule has 2 aromatic carbocycles. The number of hydrogen-bond donors (Lipinski definition) is 3. The molecule has 0 saturated heterocycles. The number of benzene rings is 2. The molecule has 3 N–H and O–H groups in total. The number of ether oxygens (including phenoxy) is 1. The van der Waals surface area contributed by atoms with E-state index < -0.39 is 17.2 Å². The summed E-state index contributed by atoms with van der Waals surface area (Å²) < 4.78 is 6.04. The first-order valence-electron chi connectivity index (χ1n) is 11.6. The van der Waals surface area contributed by atoms with Gasteiger partial charge in [0.05, 0.1) is 16.8 Å². The Morgan fingerprint density at radius 2 is 1.91 bits per heavy atom. The summed E-state index contributed by atoms with van der Waals surface area (Å²) in [5, 5.41) is 13.1. The molecule has 1 aliphatic carbocycles. The molecule has 0 bridgehead atoms. The van der Waals surface area contributed by atoms with Crippen molar-refractivity contribution >= 4 is 22.7 Å². The molecule has 7 heteroatoms. The van der Waals surface area contributed by atoms with Crippen LogP contribution in [0.25, 0.3) is 10.9 Å². The minimum atomic E-state index is -0.836. The van der Waals surface area contributed by atoms with Crippen LogP contribution in [0.1, 0.15) is 37.1 Å². The van der Waals surface area contributed by atoms with Gasteiger partial charge in [-0.05, 0) is 55.5 Å². The van der Waals surface area contributed by atoms with E-state index in [0.29, 0.717) is 31.9 Å². The summed E-state index contributed by atoms with van der Waals surface area (Å²) >= 11 is 0. The number of amides is 2. The highest BCUT2D eigenvalue weighted by Gasteiger charge is 2.63. The van der Waals surface area contributed by atoms with Crippen LogP contribution in [0.5, 0.6) is 5.75 Å². The van der Waals surface area contributed by atoms with Crippen molar-refractivity contribution in [1.82, 2.24) is 15.8 Å². The van der Waals surface area contributed by atoms with Gasteiger partial charge in [0.2, 0.25) is 11.8 Å². The lowest BCUT2D eigenvalue weighted by Crippen LogP contribution is -2.39. The molecule has 2 amide bonds. The molecule has 1 saturated carbocycles. The highest BCUT2D eigenvalue weighted by molar-refractivity contribution is 5.95. The quantitative estimate of drug-likeness (QED) is 0.331. The summed E-state index contributed by atoms with van der Waals surface area (Å²) in [5.74, 6) is -0.165. The molecule has 1 aliphatic rings. The first kappa shape index (κ1) is 23.7. The highest BCUT2D eigenvalue weighted by Crippen LogP contribution is 2.55.